The monoisotopic (exact) mass is 251 g/mol. The number of aryl methyl sites for hydroxylation is 2. The Kier molecular flexibility index (Phi) is 4.01. The molecule has 0 aromatic carbocycles. The summed E-state index contributed by atoms with van der Waals surface area (Å²) < 4.78 is 7.36. The first-order valence-corrected chi connectivity index (χ1v) is 6.41. The molecule has 0 bridgehead atoms. The first kappa shape index (κ1) is 13.1. The molecule has 0 unspecified atom stereocenters. The van der Waals surface area contributed by atoms with Crippen LogP contribution in [-0.4, -0.2) is 42.9 Å². The molecule has 0 saturated heterocycles. The number of ether oxygens (including phenoxy) is 1. The summed E-state index contributed by atoms with van der Waals surface area (Å²) in [6.07, 6.45) is 3.50. The minimum Gasteiger partial charge on any atom is -0.379 e. The van der Waals surface area contributed by atoms with Gasteiger partial charge in [-0.15, -0.1) is 0 Å². The molecule has 0 amide bonds. The number of aromatic nitrogens is 2. The minimum absolute atomic E-state index is 0.669. The number of likely N-dealkylation sites (N-methyl/N-ethyl adjacent to an activating group) is 1. The van der Waals surface area contributed by atoms with E-state index in [1.54, 1.807) is 4.68 Å². The van der Waals surface area contributed by atoms with Crippen molar-refractivity contribution in [3.63, 3.8) is 0 Å². The van der Waals surface area contributed by atoms with Crippen molar-refractivity contribution in [3.05, 3.63) is 11.3 Å². The number of hydrogen-bond acceptors (Lipinski definition) is 4. The van der Waals surface area contributed by atoms with Crippen LogP contribution in [0.25, 0.3) is 0 Å². The lowest BCUT2D eigenvalue weighted by Crippen LogP contribution is -2.26. The molecule has 5 nitrogen and oxygen atoms in total. The van der Waals surface area contributed by atoms with Crippen LogP contribution >= 0.6 is 0 Å². The molecule has 2 rings (SSSR count). The Hall–Kier alpha value is -1.36. The van der Waals surface area contributed by atoms with Crippen molar-refractivity contribution in [3.8, 4) is 0 Å². The average molecular weight is 251 g/mol. The molecule has 1 saturated carbocycles. The Morgan fingerprint density at radius 2 is 2.28 bits per heavy atom. The van der Waals surface area contributed by atoms with Gasteiger partial charge in [0.1, 0.15) is 5.82 Å². The van der Waals surface area contributed by atoms with E-state index in [0.29, 0.717) is 12.2 Å². The number of nitrogens with zero attached hydrogens (tertiary/aromatic N) is 3. The summed E-state index contributed by atoms with van der Waals surface area (Å²) in [5.41, 5.74) is 1.44. The van der Waals surface area contributed by atoms with Crippen molar-refractivity contribution in [2.75, 3.05) is 31.7 Å². The first-order chi connectivity index (χ1) is 8.63. The van der Waals surface area contributed by atoms with Crippen molar-refractivity contribution in [2.45, 2.75) is 19.8 Å². The van der Waals surface area contributed by atoms with E-state index in [2.05, 4.69) is 5.10 Å². The SMILES string of the molecule is Cc1nn(C)c(N(C)CCOCC2CC2)c1C=O. The van der Waals surface area contributed by atoms with Gasteiger partial charge in [-0.25, -0.2) is 0 Å². The normalized spacial score (nSPS) is 14.8. The van der Waals surface area contributed by atoms with E-state index < -0.39 is 0 Å². The molecule has 18 heavy (non-hydrogen) atoms. The highest BCUT2D eigenvalue weighted by Crippen LogP contribution is 2.28. The molecule has 0 aliphatic heterocycles. The maximum Gasteiger partial charge on any atom is 0.155 e. The van der Waals surface area contributed by atoms with Crippen molar-refractivity contribution in [1.82, 2.24) is 9.78 Å². The molecule has 1 aromatic heterocycles. The fourth-order valence-electron chi connectivity index (χ4n) is 2.09. The van der Waals surface area contributed by atoms with Crippen LogP contribution in [0.2, 0.25) is 0 Å². The Morgan fingerprint density at radius 1 is 1.56 bits per heavy atom. The highest BCUT2D eigenvalue weighted by molar-refractivity contribution is 5.84. The Bertz CT molecular complexity index is 424. The van der Waals surface area contributed by atoms with Gasteiger partial charge in [-0.1, -0.05) is 0 Å². The third kappa shape index (κ3) is 2.90. The van der Waals surface area contributed by atoms with Crippen LogP contribution in [0.4, 0.5) is 5.82 Å². The molecular formula is C13H21N3O2. The van der Waals surface area contributed by atoms with Gasteiger partial charge in [0.15, 0.2) is 6.29 Å². The van der Waals surface area contributed by atoms with Crippen molar-refractivity contribution in [1.29, 1.82) is 0 Å². The first-order valence-electron chi connectivity index (χ1n) is 6.41. The van der Waals surface area contributed by atoms with E-state index in [9.17, 15) is 4.79 Å². The van der Waals surface area contributed by atoms with Crippen molar-refractivity contribution >= 4 is 12.1 Å². The second-order valence-electron chi connectivity index (χ2n) is 5.00. The summed E-state index contributed by atoms with van der Waals surface area (Å²) in [6.45, 7) is 4.19. The third-order valence-corrected chi connectivity index (χ3v) is 3.34. The second-order valence-corrected chi connectivity index (χ2v) is 5.00. The van der Waals surface area contributed by atoms with E-state index in [-0.39, 0.29) is 0 Å². The predicted octanol–water partition coefficient (Wildman–Crippen LogP) is 1.40. The number of hydrogen-bond donors (Lipinski definition) is 0. The van der Waals surface area contributed by atoms with Crippen LogP contribution < -0.4 is 4.90 Å². The molecule has 0 spiro atoms. The highest BCUT2D eigenvalue weighted by atomic mass is 16.5. The maximum atomic E-state index is 11.1. The molecule has 1 aromatic rings. The lowest BCUT2D eigenvalue weighted by atomic mass is 10.2. The van der Waals surface area contributed by atoms with E-state index in [1.165, 1.54) is 12.8 Å². The fraction of sp³-hybridized carbons (Fsp3) is 0.692. The fourth-order valence-corrected chi connectivity index (χ4v) is 2.09. The molecule has 1 heterocycles. The summed E-state index contributed by atoms with van der Waals surface area (Å²) in [6, 6.07) is 0. The van der Waals surface area contributed by atoms with Crippen LogP contribution in [-0.2, 0) is 11.8 Å². The van der Waals surface area contributed by atoms with Gasteiger partial charge in [-0.3, -0.25) is 9.48 Å². The zero-order valence-corrected chi connectivity index (χ0v) is 11.3. The van der Waals surface area contributed by atoms with Crippen molar-refractivity contribution in [2.24, 2.45) is 13.0 Å². The smallest absolute Gasteiger partial charge is 0.155 e. The van der Waals surface area contributed by atoms with Gasteiger partial charge >= 0.3 is 0 Å². The summed E-state index contributed by atoms with van der Waals surface area (Å²) in [4.78, 5) is 13.1. The van der Waals surface area contributed by atoms with Crippen LogP contribution in [0.1, 0.15) is 28.9 Å². The number of anilines is 1. The lowest BCUT2D eigenvalue weighted by molar-refractivity contribution is 0.112. The molecule has 5 heteroatoms. The predicted molar refractivity (Wildman–Crippen MR) is 70.1 cm³/mol. The highest BCUT2D eigenvalue weighted by Gasteiger charge is 2.21. The maximum absolute atomic E-state index is 11.1. The average Bonchev–Trinajstić information content (AvgIpc) is 3.09. The minimum atomic E-state index is 0.669. The van der Waals surface area contributed by atoms with E-state index in [1.807, 2.05) is 25.9 Å². The van der Waals surface area contributed by atoms with E-state index in [0.717, 1.165) is 36.9 Å². The van der Waals surface area contributed by atoms with Gasteiger partial charge in [0.2, 0.25) is 0 Å². The molecular weight excluding hydrogens is 230 g/mol. The number of carbonyl (C=O) groups is 1. The Labute approximate surface area is 108 Å². The van der Waals surface area contributed by atoms with Gasteiger partial charge in [0.05, 0.1) is 17.9 Å². The number of rotatable bonds is 7. The lowest BCUT2D eigenvalue weighted by Gasteiger charge is -2.19. The molecule has 0 radical (unpaired) electrons. The van der Waals surface area contributed by atoms with Crippen molar-refractivity contribution < 1.29 is 9.53 Å². The summed E-state index contributed by atoms with van der Waals surface area (Å²) >= 11 is 0. The molecule has 100 valence electrons. The summed E-state index contributed by atoms with van der Waals surface area (Å²) in [5.74, 6) is 1.65. The van der Waals surface area contributed by atoms with Gasteiger partial charge in [-0.05, 0) is 25.7 Å². The van der Waals surface area contributed by atoms with Gasteiger partial charge in [0.25, 0.3) is 0 Å². The number of aldehydes is 1. The zero-order chi connectivity index (χ0) is 13.1. The molecule has 0 atom stereocenters. The van der Waals surface area contributed by atoms with Gasteiger partial charge in [0, 0.05) is 27.2 Å². The molecule has 1 aliphatic carbocycles. The molecule has 1 fully saturated rings. The van der Waals surface area contributed by atoms with Gasteiger partial charge < -0.3 is 9.64 Å². The quantitative estimate of drug-likeness (QED) is 0.543. The van der Waals surface area contributed by atoms with Crippen LogP contribution in [0.5, 0.6) is 0 Å². The van der Waals surface area contributed by atoms with E-state index in [4.69, 9.17) is 4.74 Å². The summed E-state index contributed by atoms with van der Waals surface area (Å²) in [5, 5.41) is 4.27. The van der Waals surface area contributed by atoms with Crippen LogP contribution in [0.3, 0.4) is 0 Å². The van der Waals surface area contributed by atoms with Crippen LogP contribution in [0, 0.1) is 12.8 Å². The second kappa shape index (κ2) is 5.52. The molecule has 1 aliphatic rings. The third-order valence-electron chi connectivity index (χ3n) is 3.34. The molecule has 0 N–H and O–H groups in total. The number of carbonyl (C=O) groups excluding carboxylic acids is 1. The van der Waals surface area contributed by atoms with Gasteiger partial charge in [-0.2, -0.15) is 5.10 Å². The standard InChI is InChI=1S/C13H21N3O2/c1-10-12(8-17)13(16(3)14-10)15(2)6-7-18-9-11-4-5-11/h8,11H,4-7,9H2,1-3H3. The van der Waals surface area contributed by atoms with E-state index >= 15 is 0 Å². The largest absolute Gasteiger partial charge is 0.379 e. The zero-order valence-electron chi connectivity index (χ0n) is 11.3. The Balaban J connectivity index is 1.90. The van der Waals surface area contributed by atoms with Crippen LogP contribution in [0.15, 0.2) is 0 Å². The Morgan fingerprint density at radius 3 is 2.89 bits per heavy atom. The summed E-state index contributed by atoms with van der Waals surface area (Å²) in [7, 11) is 3.82. The topological polar surface area (TPSA) is 47.4 Å².